The zero-order chi connectivity index (χ0) is 14.1. The van der Waals surface area contributed by atoms with Crippen LogP contribution in [0.15, 0.2) is 46.6 Å². The van der Waals surface area contributed by atoms with Crippen LogP contribution in [0.5, 0.6) is 0 Å². The number of rotatable bonds is 3. The summed E-state index contributed by atoms with van der Waals surface area (Å²) in [5.74, 6) is 0.236. The molecular weight excluding hydrogens is 288 g/mol. The van der Waals surface area contributed by atoms with E-state index in [-0.39, 0.29) is 11.5 Å². The van der Waals surface area contributed by atoms with E-state index in [9.17, 15) is 4.79 Å². The van der Waals surface area contributed by atoms with Gasteiger partial charge in [0.1, 0.15) is 4.83 Å². The number of thiophene rings is 1. The molecule has 0 amide bonds. The van der Waals surface area contributed by atoms with Crippen LogP contribution in [0.1, 0.15) is 18.4 Å². The molecule has 2 aromatic heterocycles. The second-order valence-corrected chi connectivity index (χ2v) is 6.12. The smallest absolute Gasteiger partial charge is 0.263 e. The monoisotopic (exact) mass is 302 g/mol. The molecule has 0 aliphatic heterocycles. The predicted octanol–water partition coefficient (Wildman–Crippen LogP) is 3.92. The van der Waals surface area contributed by atoms with Crippen molar-refractivity contribution in [3.63, 3.8) is 0 Å². The van der Waals surface area contributed by atoms with Crippen LogP contribution in [0.3, 0.4) is 0 Å². The van der Waals surface area contributed by atoms with Crippen LogP contribution >= 0.6 is 23.6 Å². The molecule has 1 N–H and O–H groups in total. The average molecular weight is 302 g/mol. The molecule has 20 heavy (non-hydrogen) atoms. The van der Waals surface area contributed by atoms with E-state index in [1.54, 1.807) is 4.57 Å². The van der Waals surface area contributed by atoms with E-state index in [2.05, 4.69) is 24.0 Å². The van der Waals surface area contributed by atoms with Gasteiger partial charge in [0.15, 0.2) is 4.77 Å². The fraction of sp³-hybridized carbons (Fsp3) is 0.200. The van der Waals surface area contributed by atoms with Gasteiger partial charge < -0.3 is 4.98 Å². The number of aromatic amines is 1. The van der Waals surface area contributed by atoms with Crippen LogP contribution < -0.4 is 5.56 Å². The molecular formula is C15H14N2OS2. The molecule has 1 unspecified atom stereocenters. The molecule has 1 atom stereocenters. The molecule has 102 valence electrons. The van der Waals surface area contributed by atoms with Crippen molar-refractivity contribution in [2.75, 3.05) is 0 Å². The number of fused-ring (bicyclic) bond motifs is 1. The van der Waals surface area contributed by atoms with Gasteiger partial charge >= 0.3 is 0 Å². The fourth-order valence-corrected chi connectivity index (χ4v) is 3.41. The van der Waals surface area contributed by atoms with E-state index in [0.717, 1.165) is 4.83 Å². The molecule has 5 heteroatoms. The molecule has 0 spiro atoms. The van der Waals surface area contributed by atoms with E-state index in [0.29, 0.717) is 16.7 Å². The molecule has 0 fully saturated rings. The molecule has 0 saturated heterocycles. The van der Waals surface area contributed by atoms with Crippen LogP contribution in [-0.2, 0) is 6.54 Å². The first kappa shape index (κ1) is 13.3. The van der Waals surface area contributed by atoms with E-state index in [1.165, 1.54) is 16.9 Å². The van der Waals surface area contributed by atoms with Gasteiger partial charge in [-0.1, -0.05) is 37.3 Å². The number of hydrogen-bond donors (Lipinski definition) is 1. The Labute approximate surface area is 125 Å². The number of nitrogens with one attached hydrogen (secondary N) is 1. The van der Waals surface area contributed by atoms with Crippen LogP contribution in [-0.4, -0.2) is 9.55 Å². The molecule has 0 aliphatic rings. The highest BCUT2D eigenvalue weighted by Crippen LogP contribution is 2.18. The minimum Gasteiger partial charge on any atom is -0.323 e. The fourth-order valence-electron chi connectivity index (χ4n) is 2.30. The van der Waals surface area contributed by atoms with E-state index in [1.807, 2.05) is 29.6 Å². The molecule has 0 bridgehead atoms. The Morgan fingerprint density at radius 3 is 2.80 bits per heavy atom. The Bertz CT molecular complexity index is 845. The van der Waals surface area contributed by atoms with E-state index in [4.69, 9.17) is 12.2 Å². The Morgan fingerprint density at radius 1 is 1.30 bits per heavy atom. The van der Waals surface area contributed by atoms with Crippen molar-refractivity contribution in [1.29, 1.82) is 0 Å². The Balaban J connectivity index is 2.03. The van der Waals surface area contributed by atoms with Gasteiger partial charge in [-0.2, -0.15) is 0 Å². The topological polar surface area (TPSA) is 37.8 Å². The van der Waals surface area contributed by atoms with Gasteiger partial charge in [0.2, 0.25) is 0 Å². The summed E-state index contributed by atoms with van der Waals surface area (Å²) in [6.07, 6.45) is 0. The highest BCUT2D eigenvalue weighted by atomic mass is 32.1. The van der Waals surface area contributed by atoms with Crippen molar-refractivity contribution in [3.8, 4) is 0 Å². The summed E-state index contributed by atoms with van der Waals surface area (Å²) in [5.41, 5.74) is 1.20. The van der Waals surface area contributed by atoms with Crippen LogP contribution in [0.4, 0.5) is 0 Å². The molecule has 3 nitrogen and oxygen atoms in total. The van der Waals surface area contributed by atoms with Gasteiger partial charge in [0.25, 0.3) is 5.56 Å². The lowest BCUT2D eigenvalue weighted by atomic mass is 10.0. The van der Waals surface area contributed by atoms with Crippen LogP contribution in [0, 0.1) is 4.77 Å². The van der Waals surface area contributed by atoms with Crippen LogP contribution in [0.2, 0.25) is 0 Å². The lowest BCUT2D eigenvalue weighted by Gasteiger charge is -2.14. The maximum absolute atomic E-state index is 12.5. The maximum Gasteiger partial charge on any atom is 0.263 e. The largest absolute Gasteiger partial charge is 0.323 e. The molecule has 0 aliphatic carbocycles. The van der Waals surface area contributed by atoms with Gasteiger partial charge in [-0.3, -0.25) is 9.36 Å². The summed E-state index contributed by atoms with van der Waals surface area (Å²) in [6, 6.07) is 12.0. The summed E-state index contributed by atoms with van der Waals surface area (Å²) < 4.78 is 2.15. The highest BCUT2D eigenvalue weighted by molar-refractivity contribution is 7.71. The van der Waals surface area contributed by atoms with Crippen molar-refractivity contribution >= 4 is 33.8 Å². The van der Waals surface area contributed by atoms with Gasteiger partial charge in [-0.15, -0.1) is 11.3 Å². The zero-order valence-electron chi connectivity index (χ0n) is 11.0. The van der Waals surface area contributed by atoms with Gasteiger partial charge in [-0.25, -0.2) is 0 Å². The zero-order valence-corrected chi connectivity index (χ0v) is 12.6. The first-order valence-corrected chi connectivity index (χ1v) is 7.71. The second kappa shape index (κ2) is 5.34. The quantitative estimate of drug-likeness (QED) is 0.745. The minimum absolute atomic E-state index is 0.00668. The SMILES string of the molecule is CC(Cn1c(=S)[nH]c2sccc2c1=O)c1ccccc1. The summed E-state index contributed by atoms with van der Waals surface area (Å²) >= 11 is 6.82. The van der Waals surface area contributed by atoms with Crippen molar-refractivity contribution in [2.24, 2.45) is 0 Å². The third kappa shape index (κ3) is 2.34. The first-order chi connectivity index (χ1) is 9.66. The van der Waals surface area contributed by atoms with Crippen molar-refractivity contribution < 1.29 is 0 Å². The highest BCUT2D eigenvalue weighted by Gasteiger charge is 2.11. The number of aromatic nitrogens is 2. The van der Waals surface area contributed by atoms with Gasteiger partial charge in [-0.05, 0) is 35.1 Å². The maximum atomic E-state index is 12.5. The van der Waals surface area contributed by atoms with Crippen molar-refractivity contribution in [2.45, 2.75) is 19.4 Å². The molecule has 3 aromatic rings. The lowest BCUT2D eigenvalue weighted by Crippen LogP contribution is -2.24. The lowest BCUT2D eigenvalue weighted by molar-refractivity contribution is 0.570. The minimum atomic E-state index is -0.00668. The molecule has 0 saturated carbocycles. The Kier molecular flexibility index (Phi) is 3.54. The molecule has 2 heterocycles. The number of nitrogens with zero attached hydrogens (tertiary/aromatic N) is 1. The summed E-state index contributed by atoms with van der Waals surface area (Å²) in [5, 5.41) is 2.62. The van der Waals surface area contributed by atoms with Gasteiger partial charge in [0, 0.05) is 6.54 Å². The number of hydrogen-bond acceptors (Lipinski definition) is 3. The third-order valence-corrected chi connectivity index (χ3v) is 4.58. The second-order valence-electron chi connectivity index (χ2n) is 4.82. The summed E-state index contributed by atoms with van der Waals surface area (Å²) in [7, 11) is 0. The van der Waals surface area contributed by atoms with E-state index < -0.39 is 0 Å². The van der Waals surface area contributed by atoms with E-state index >= 15 is 0 Å². The normalized spacial score (nSPS) is 12.7. The Hall–Kier alpha value is -1.72. The Morgan fingerprint density at radius 2 is 2.05 bits per heavy atom. The first-order valence-electron chi connectivity index (χ1n) is 6.42. The number of benzene rings is 1. The third-order valence-electron chi connectivity index (χ3n) is 3.43. The van der Waals surface area contributed by atoms with Gasteiger partial charge in [0.05, 0.1) is 5.39 Å². The van der Waals surface area contributed by atoms with Crippen molar-refractivity contribution in [3.05, 3.63) is 62.5 Å². The molecule has 3 rings (SSSR count). The standard InChI is InChI=1S/C15H14N2OS2/c1-10(11-5-3-2-4-6-11)9-17-14(18)12-7-8-20-13(12)16-15(17)19/h2-8,10H,9H2,1H3,(H,16,19). The molecule has 1 aromatic carbocycles. The molecule has 0 radical (unpaired) electrons. The summed E-state index contributed by atoms with van der Waals surface area (Å²) in [4.78, 5) is 16.4. The van der Waals surface area contributed by atoms with Crippen LogP contribution in [0.25, 0.3) is 10.2 Å². The number of H-pyrrole nitrogens is 1. The average Bonchev–Trinajstić information content (AvgIpc) is 2.92. The summed E-state index contributed by atoms with van der Waals surface area (Å²) in [6.45, 7) is 2.69. The predicted molar refractivity (Wildman–Crippen MR) is 86.1 cm³/mol. The van der Waals surface area contributed by atoms with Crippen molar-refractivity contribution in [1.82, 2.24) is 9.55 Å².